The standard InChI is InChI=1S/C20H19ClN2O10.C19H19ClN2O8.CO2/c21-10-3-1-2-8(4-10)9-5-11(24)13(22-6-9)18(29)23-7-12(25)32-20-16(28)14(26)15(27)17(33-20)19(30)31;20-11-3-1-2-9(4-11)10-5-13(15(21-6-10)18(28)22-7-14(24)25)30-19-17(27)16(26)12(23)8-29-19;2-1-3/h1-6,14-17,20,24,26-28H,7H2,(H,23,29)(H,30,31);1-6,12,16-17,19,23,26-27H,7-8H2,(H,22,28)(H,24,25);/t14?,15-,16-,17?,20+;12-,16+,17?,19+;/m11./s1. The van der Waals surface area contributed by atoms with Gasteiger partial charge in [-0.15, -0.1) is 0 Å². The van der Waals surface area contributed by atoms with Crippen LogP contribution < -0.4 is 15.4 Å². The van der Waals surface area contributed by atoms with Crippen LogP contribution >= 0.6 is 23.2 Å². The lowest BCUT2D eigenvalue weighted by molar-refractivity contribution is -0.286. The summed E-state index contributed by atoms with van der Waals surface area (Å²) in [4.78, 5) is 82.7. The third kappa shape index (κ3) is 13.9. The van der Waals surface area contributed by atoms with E-state index in [1.165, 1.54) is 24.5 Å². The monoisotopic (exact) mass is 964 g/mol. The molecule has 6 rings (SSSR count). The van der Waals surface area contributed by atoms with E-state index >= 15 is 0 Å². The van der Waals surface area contributed by atoms with E-state index in [2.05, 4.69) is 20.6 Å². The maximum absolute atomic E-state index is 12.4. The number of aromatic nitrogens is 2. The van der Waals surface area contributed by atoms with Crippen molar-refractivity contribution in [1.82, 2.24) is 20.6 Å². The number of pyridine rings is 2. The summed E-state index contributed by atoms with van der Waals surface area (Å²) >= 11 is 11.9. The van der Waals surface area contributed by atoms with Crippen LogP contribution in [0.5, 0.6) is 11.5 Å². The first-order valence-electron chi connectivity index (χ1n) is 18.7. The number of nitrogens with one attached hydrogen (secondary N) is 2. The molecule has 0 saturated carbocycles. The van der Waals surface area contributed by atoms with Crippen molar-refractivity contribution >= 4 is 59.1 Å². The summed E-state index contributed by atoms with van der Waals surface area (Å²) in [5, 5.41) is 91.9. The minimum atomic E-state index is -1.95. The van der Waals surface area contributed by atoms with Crippen LogP contribution in [0.1, 0.15) is 21.0 Å². The van der Waals surface area contributed by atoms with Gasteiger partial charge in [-0.05, 0) is 47.5 Å². The van der Waals surface area contributed by atoms with E-state index in [0.29, 0.717) is 32.3 Å². The molecule has 9 atom stereocenters. The lowest BCUT2D eigenvalue weighted by Gasteiger charge is -2.37. The molecule has 2 aromatic carbocycles. The van der Waals surface area contributed by atoms with Crippen molar-refractivity contribution in [2.24, 2.45) is 0 Å². The first kappa shape index (κ1) is 52.0. The first-order valence-corrected chi connectivity index (χ1v) is 19.4. The molecule has 11 N–H and O–H groups in total. The minimum absolute atomic E-state index is 0.122. The van der Waals surface area contributed by atoms with Gasteiger partial charge in [-0.1, -0.05) is 47.5 Å². The van der Waals surface area contributed by atoms with Crippen LogP contribution in [-0.4, -0.2) is 167 Å². The van der Waals surface area contributed by atoms with Gasteiger partial charge in [0.2, 0.25) is 12.6 Å². The number of aliphatic hydroxyl groups excluding tert-OH is 6. The fraction of sp³-hybridized carbons (Fsp3) is 0.300. The number of aliphatic hydroxyl groups is 6. The number of amides is 2. The smallest absolute Gasteiger partial charge is 0.373 e. The van der Waals surface area contributed by atoms with Crippen molar-refractivity contribution in [2.45, 2.75) is 55.3 Å². The zero-order chi connectivity index (χ0) is 48.8. The molecule has 0 spiro atoms. The maximum Gasteiger partial charge on any atom is 0.373 e. The zero-order valence-electron chi connectivity index (χ0n) is 33.4. The highest BCUT2D eigenvalue weighted by Crippen LogP contribution is 2.31. The van der Waals surface area contributed by atoms with Crippen LogP contribution in [0.25, 0.3) is 22.3 Å². The van der Waals surface area contributed by atoms with Crippen LogP contribution in [-0.2, 0) is 38.2 Å². The molecule has 0 radical (unpaired) electrons. The van der Waals surface area contributed by atoms with E-state index in [1.54, 1.807) is 48.5 Å². The van der Waals surface area contributed by atoms with Crippen LogP contribution in [0.4, 0.5) is 0 Å². The van der Waals surface area contributed by atoms with Crippen molar-refractivity contribution in [3.05, 3.63) is 94.5 Å². The Kier molecular flexibility index (Phi) is 18.9. The number of rotatable bonds is 12. The number of benzene rings is 2. The molecular weight excluding hydrogens is 927 g/mol. The molecule has 352 valence electrons. The summed E-state index contributed by atoms with van der Waals surface area (Å²) in [6.07, 6.45) is -12.5. The highest BCUT2D eigenvalue weighted by molar-refractivity contribution is 6.31. The molecule has 2 aliphatic heterocycles. The summed E-state index contributed by atoms with van der Waals surface area (Å²) in [6.45, 7) is -1.70. The summed E-state index contributed by atoms with van der Waals surface area (Å²) < 4.78 is 20.4. The second kappa shape index (κ2) is 24.0. The molecule has 2 saturated heterocycles. The minimum Gasteiger partial charge on any atom is -0.505 e. The van der Waals surface area contributed by atoms with E-state index < -0.39 is 104 Å². The molecule has 0 aliphatic carbocycles. The Morgan fingerprint density at radius 3 is 1.77 bits per heavy atom. The number of carboxylic acids is 2. The molecule has 0 bridgehead atoms. The number of esters is 1. The second-order valence-electron chi connectivity index (χ2n) is 13.6. The van der Waals surface area contributed by atoms with Gasteiger partial charge in [0.05, 0.1) is 6.61 Å². The Bertz CT molecular complexity index is 2420. The zero-order valence-corrected chi connectivity index (χ0v) is 34.9. The third-order valence-corrected chi connectivity index (χ3v) is 9.49. The lowest BCUT2D eigenvalue weighted by Crippen LogP contribution is -2.60. The number of hydrogen-bond donors (Lipinski definition) is 11. The van der Waals surface area contributed by atoms with Gasteiger partial charge in [0.25, 0.3) is 11.8 Å². The number of ether oxygens (including phenoxy) is 4. The summed E-state index contributed by atoms with van der Waals surface area (Å²) in [6, 6.07) is 16.3. The molecule has 4 heterocycles. The fourth-order valence-corrected chi connectivity index (χ4v) is 6.17. The largest absolute Gasteiger partial charge is 0.505 e. The Hall–Kier alpha value is -6.67. The Morgan fingerprint density at radius 2 is 1.23 bits per heavy atom. The van der Waals surface area contributed by atoms with Crippen LogP contribution in [0.15, 0.2) is 73.1 Å². The number of nitrogens with zero attached hydrogens (tertiary/aromatic N) is 2. The molecular formula is C40H38Cl2N4O20. The van der Waals surface area contributed by atoms with E-state index in [0.717, 1.165) is 0 Å². The third-order valence-electron chi connectivity index (χ3n) is 9.02. The molecule has 2 aliphatic rings. The van der Waals surface area contributed by atoms with Gasteiger partial charge in [-0.3, -0.25) is 19.2 Å². The van der Waals surface area contributed by atoms with Gasteiger partial charge < -0.3 is 75.5 Å². The average molecular weight is 966 g/mol. The van der Waals surface area contributed by atoms with Gasteiger partial charge in [-0.2, -0.15) is 9.59 Å². The van der Waals surface area contributed by atoms with E-state index in [1.807, 2.05) is 0 Å². The van der Waals surface area contributed by atoms with Gasteiger partial charge in [-0.25, -0.2) is 14.8 Å². The van der Waals surface area contributed by atoms with Gasteiger partial charge in [0.15, 0.2) is 23.2 Å². The topological polar surface area (TPSA) is 388 Å². The molecule has 4 aromatic rings. The van der Waals surface area contributed by atoms with Crippen molar-refractivity contribution < 1.29 is 98.5 Å². The average Bonchev–Trinajstić information content (AvgIpc) is 3.28. The van der Waals surface area contributed by atoms with Crippen LogP contribution in [0, 0.1) is 0 Å². The van der Waals surface area contributed by atoms with Crippen molar-refractivity contribution in [3.8, 4) is 33.8 Å². The molecule has 26 heteroatoms. The molecule has 24 nitrogen and oxygen atoms in total. The number of aromatic hydroxyl groups is 1. The van der Waals surface area contributed by atoms with Crippen molar-refractivity contribution in [2.75, 3.05) is 19.7 Å². The molecule has 2 fully saturated rings. The molecule has 66 heavy (non-hydrogen) atoms. The van der Waals surface area contributed by atoms with Crippen LogP contribution in [0.2, 0.25) is 10.0 Å². The first-order chi connectivity index (χ1) is 31.2. The van der Waals surface area contributed by atoms with Crippen molar-refractivity contribution in [1.29, 1.82) is 0 Å². The summed E-state index contributed by atoms with van der Waals surface area (Å²) in [7, 11) is 0. The number of hydrogen-bond acceptors (Lipinski definition) is 20. The quantitative estimate of drug-likeness (QED) is 0.0737. The summed E-state index contributed by atoms with van der Waals surface area (Å²) in [5.74, 6) is -6.39. The Labute approximate surface area is 380 Å². The maximum atomic E-state index is 12.4. The Morgan fingerprint density at radius 1 is 0.697 bits per heavy atom. The molecule has 2 amide bonds. The summed E-state index contributed by atoms with van der Waals surface area (Å²) in [5.41, 5.74) is 1.69. The number of carboxylic acid groups (broad SMARTS) is 2. The van der Waals surface area contributed by atoms with E-state index in [-0.39, 0.29) is 29.9 Å². The predicted molar refractivity (Wildman–Crippen MR) is 217 cm³/mol. The number of halogens is 2. The highest BCUT2D eigenvalue weighted by atomic mass is 35.5. The number of carbonyl (C=O) groups is 5. The SMILES string of the molecule is O=C(CNC(=O)c1ncc(-c2cccc(Cl)c2)cc1O)O[C@H]1OC(C(=O)O)[C@H](O)C(O)[C@H]1O.O=C(O)CNC(=O)c1ncc(-c2cccc(Cl)c2)cc1O[C@@H]1OC[C@@H](O)[C@H](O)C1O.O=C=O. The highest BCUT2D eigenvalue weighted by Gasteiger charge is 2.48. The number of aliphatic carboxylic acids is 2. The Balaban J connectivity index is 0.000000273. The molecule has 2 aromatic heterocycles. The number of carbonyl (C=O) groups excluding carboxylic acids is 5. The van der Waals surface area contributed by atoms with Gasteiger partial charge in [0, 0.05) is 33.6 Å². The lowest BCUT2D eigenvalue weighted by atomic mass is 9.99. The van der Waals surface area contributed by atoms with Gasteiger partial charge >= 0.3 is 24.1 Å². The van der Waals surface area contributed by atoms with E-state index in [4.69, 9.17) is 62.0 Å². The van der Waals surface area contributed by atoms with Crippen molar-refractivity contribution in [3.63, 3.8) is 0 Å². The second-order valence-corrected chi connectivity index (χ2v) is 14.5. The predicted octanol–water partition coefficient (Wildman–Crippen LogP) is -1.28. The normalized spacial score (nSPS) is 23.2. The van der Waals surface area contributed by atoms with Gasteiger partial charge in [0.1, 0.15) is 55.5 Å². The molecule has 3 unspecified atom stereocenters. The van der Waals surface area contributed by atoms with E-state index in [9.17, 15) is 59.7 Å². The van der Waals surface area contributed by atoms with Crippen LogP contribution in [0.3, 0.4) is 0 Å². The fourth-order valence-electron chi connectivity index (χ4n) is 5.79.